The third-order valence-corrected chi connectivity index (χ3v) is 7.10. The molecule has 1 atom stereocenters. The predicted octanol–water partition coefficient (Wildman–Crippen LogP) is 2.66. The standard InChI is InChI=1S/C19H30N4O3S/c1-4-16-21-14-7-6-8-15(18(14)27-16)22(3)19(26)20-12-9-13(10-12)23(5-2)11-17(24)25/h12-13,15H,4-11H2,1-3H3,(H,20,26)(H,24,25). The van der Waals surface area contributed by atoms with Gasteiger partial charge in [-0.3, -0.25) is 9.69 Å². The zero-order chi connectivity index (χ0) is 19.6. The number of hydrogen-bond acceptors (Lipinski definition) is 5. The largest absolute Gasteiger partial charge is 0.480 e. The van der Waals surface area contributed by atoms with Crippen LogP contribution in [0.1, 0.15) is 61.2 Å². The molecule has 1 fully saturated rings. The second kappa shape index (κ2) is 8.56. The van der Waals surface area contributed by atoms with Crippen molar-refractivity contribution < 1.29 is 14.7 Å². The number of amides is 2. The summed E-state index contributed by atoms with van der Waals surface area (Å²) in [5.74, 6) is -0.798. The molecule has 2 aliphatic rings. The van der Waals surface area contributed by atoms with Gasteiger partial charge >= 0.3 is 12.0 Å². The molecule has 2 N–H and O–H groups in total. The number of aliphatic carboxylic acids is 1. The summed E-state index contributed by atoms with van der Waals surface area (Å²) in [7, 11) is 1.87. The van der Waals surface area contributed by atoms with Crippen molar-refractivity contribution in [3.05, 3.63) is 15.6 Å². The topological polar surface area (TPSA) is 85.8 Å². The number of carboxylic acids is 1. The molecule has 0 aromatic carbocycles. The molecule has 1 saturated carbocycles. The highest BCUT2D eigenvalue weighted by molar-refractivity contribution is 7.11. The summed E-state index contributed by atoms with van der Waals surface area (Å²) in [5.41, 5.74) is 1.17. The van der Waals surface area contributed by atoms with E-state index in [0.29, 0.717) is 6.54 Å². The zero-order valence-corrected chi connectivity index (χ0v) is 17.2. The summed E-state index contributed by atoms with van der Waals surface area (Å²) in [5, 5.41) is 13.3. The number of nitrogens with zero attached hydrogens (tertiary/aromatic N) is 3. The van der Waals surface area contributed by atoms with Gasteiger partial charge in [0.1, 0.15) is 0 Å². The summed E-state index contributed by atoms with van der Waals surface area (Å²) in [6.45, 7) is 4.88. The Labute approximate surface area is 164 Å². The zero-order valence-electron chi connectivity index (χ0n) is 16.4. The Morgan fingerprint density at radius 2 is 2.07 bits per heavy atom. The number of carboxylic acid groups (broad SMARTS) is 1. The van der Waals surface area contributed by atoms with Gasteiger partial charge in [-0.1, -0.05) is 13.8 Å². The van der Waals surface area contributed by atoms with Crippen LogP contribution in [0.25, 0.3) is 0 Å². The number of nitrogens with one attached hydrogen (secondary N) is 1. The van der Waals surface area contributed by atoms with Crippen molar-refractivity contribution in [1.82, 2.24) is 20.1 Å². The van der Waals surface area contributed by atoms with E-state index in [1.165, 1.54) is 10.6 Å². The van der Waals surface area contributed by atoms with E-state index in [1.54, 1.807) is 11.3 Å². The lowest BCUT2D eigenvalue weighted by Gasteiger charge is -2.43. The summed E-state index contributed by atoms with van der Waals surface area (Å²) >= 11 is 1.75. The van der Waals surface area contributed by atoms with Gasteiger partial charge in [0.05, 0.1) is 28.2 Å². The molecule has 0 bridgehead atoms. The molecule has 1 aromatic heterocycles. The monoisotopic (exact) mass is 394 g/mol. The third kappa shape index (κ3) is 4.43. The molecule has 1 heterocycles. The molecule has 0 aliphatic heterocycles. The maximum absolute atomic E-state index is 12.7. The van der Waals surface area contributed by atoms with Crippen molar-refractivity contribution in [3.8, 4) is 0 Å². The number of fused-ring (bicyclic) bond motifs is 1. The lowest BCUT2D eigenvalue weighted by atomic mass is 9.85. The fraction of sp³-hybridized carbons (Fsp3) is 0.737. The number of rotatable bonds is 7. The Morgan fingerprint density at radius 3 is 2.70 bits per heavy atom. The van der Waals surface area contributed by atoms with Gasteiger partial charge in [0.25, 0.3) is 0 Å². The van der Waals surface area contributed by atoms with Crippen LogP contribution in [0.3, 0.4) is 0 Å². The Bertz CT molecular complexity index is 686. The molecule has 150 valence electrons. The molecular formula is C19H30N4O3S. The van der Waals surface area contributed by atoms with E-state index in [-0.39, 0.29) is 30.7 Å². The highest BCUT2D eigenvalue weighted by Crippen LogP contribution is 2.38. The van der Waals surface area contributed by atoms with Crippen LogP contribution in [0.4, 0.5) is 4.79 Å². The van der Waals surface area contributed by atoms with Crippen molar-refractivity contribution in [2.75, 3.05) is 20.1 Å². The first-order valence-electron chi connectivity index (χ1n) is 9.90. The molecule has 1 unspecified atom stereocenters. The number of aromatic nitrogens is 1. The van der Waals surface area contributed by atoms with Crippen LogP contribution >= 0.6 is 11.3 Å². The van der Waals surface area contributed by atoms with Gasteiger partial charge in [0, 0.05) is 19.1 Å². The van der Waals surface area contributed by atoms with Gasteiger partial charge in [0.2, 0.25) is 0 Å². The SMILES string of the molecule is CCc1nc2c(s1)C(N(C)C(=O)NC1CC(N(CC)CC(=O)O)C1)CCC2. The first-order valence-corrected chi connectivity index (χ1v) is 10.7. The first kappa shape index (κ1) is 20.1. The van der Waals surface area contributed by atoms with E-state index in [2.05, 4.69) is 12.2 Å². The van der Waals surface area contributed by atoms with Crippen molar-refractivity contribution in [2.24, 2.45) is 0 Å². The van der Waals surface area contributed by atoms with Gasteiger partial charge in [-0.25, -0.2) is 9.78 Å². The number of carbonyl (C=O) groups is 2. The maximum atomic E-state index is 12.7. The van der Waals surface area contributed by atoms with Crippen LogP contribution in [-0.4, -0.2) is 64.1 Å². The number of urea groups is 1. The fourth-order valence-corrected chi connectivity index (χ4v) is 5.29. The highest BCUT2D eigenvalue weighted by Gasteiger charge is 2.36. The number of carbonyl (C=O) groups excluding carboxylic acids is 1. The van der Waals surface area contributed by atoms with E-state index in [1.807, 2.05) is 23.8 Å². The van der Waals surface area contributed by atoms with E-state index < -0.39 is 5.97 Å². The molecule has 2 aliphatic carbocycles. The molecule has 7 nitrogen and oxygen atoms in total. The Hall–Kier alpha value is -1.67. The van der Waals surface area contributed by atoms with Gasteiger partial charge in [-0.05, 0) is 45.1 Å². The third-order valence-electron chi connectivity index (χ3n) is 5.76. The van der Waals surface area contributed by atoms with E-state index in [9.17, 15) is 9.59 Å². The molecule has 3 rings (SSSR count). The smallest absolute Gasteiger partial charge is 0.317 e. The minimum atomic E-state index is -0.798. The van der Waals surface area contributed by atoms with Crippen molar-refractivity contribution in [2.45, 2.75) is 70.5 Å². The van der Waals surface area contributed by atoms with Gasteiger partial charge < -0.3 is 15.3 Å². The summed E-state index contributed by atoms with van der Waals surface area (Å²) in [6.07, 6.45) is 5.63. The molecule has 0 spiro atoms. The molecule has 27 heavy (non-hydrogen) atoms. The second-order valence-electron chi connectivity index (χ2n) is 7.52. The van der Waals surface area contributed by atoms with Crippen LogP contribution < -0.4 is 5.32 Å². The van der Waals surface area contributed by atoms with Crippen molar-refractivity contribution >= 4 is 23.3 Å². The summed E-state index contributed by atoms with van der Waals surface area (Å²) in [6, 6.07) is 0.450. The molecule has 0 radical (unpaired) electrons. The molecule has 2 amide bonds. The number of aryl methyl sites for hydroxylation is 2. The van der Waals surface area contributed by atoms with E-state index in [0.717, 1.165) is 43.5 Å². The number of hydrogen-bond donors (Lipinski definition) is 2. The van der Waals surface area contributed by atoms with Crippen LogP contribution in [0.2, 0.25) is 0 Å². The quantitative estimate of drug-likeness (QED) is 0.743. The molecular weight excluding hydrogens is 364 g/mol. The van der Waals surface area contributed by atoms with Gasteiger partial charge in [-0.2, -0.15) is 0 Å². The lowest BCUT2D eigenvalue weighted by Crippen LogP contribution is -2.56. The van der Waals surface area contributed by atoms with E-state index >= 15 is 0 Å². The summed E-state index contributed by atoms with van der Waals surface area (Å²) < 4.78 is 0. The average molecular weight is 395 g/mol. The van der Waals surface area contributed by atoms with E-state index in [4.69, 9.17) is 10.1 Å². The minimum Gasteiger partial charge on any atom is -0.480 e. The van der Waals surface area contributed by atoms with Crippen molar-refractivity contribution in [3.63, 3.8) is 0 Å². The summed E-state index contributed by atoms with van der Waals surface area (Å²) in [4.78, 5) is 33.4. The average Bonchev–Trinajstić information content (AvgIpc) is 3.05. The molecule has 0 saturated heterocycles. The normalized spacial score (nSPS) is 24.2. The van der Waals surface area contributed by atoms with Crippen LogP contribution in [0, 0.1) is 0 Å². The lowest BCUT2D eigenvalue weighted by molar-refractivity contribution is -0.139. The first-order chi connectivity index (χ1) is 12.9. The number of likely N-dealkylation sites (N-methyl/N-ethyl adjacent to an activating group) is 1. The highest BCUT2D eigenvalue weighted by atomic mass is 32.1. The Morgan fingerprint density at radius 1 is 1.33 bits per heavy atom. The van der Waals surface area contributed by atoms with Gasteiger partial charge in [-0.15, -0.1) is 11.3 Å². The second-order valence-corrected chi connectivity index (χ2v) is 8.63. The van der Waals surface area contributed by atoms with Crippen LogP contribution in [-0.2, 0) is 17.6 Å². The minimum absolute atomic E-state index is 0.0379. The van der Waals surface area contributed by atoms with Crippen LogP contribution in [0.5, 0.6) is 0 Å². The predicted molar refractivity (Wildman–Crippen MR) is 105 cm³/mol. The fourth-order valence-electron chi connectivity index (χ4n) is 4.06. The van der Waals surface area contributed by atoms with Crippen LogP contribution in [0.15, 0.2) is 0 Å². The van der Waals surface area contributed by atoms with Gasteiger partial charge in [0.15, 0.2) is 0 Å². The Balaban J connectivity index is 1.54. The maximum Gasteiger partial charge on any atom is 0.317 e. The Kier molecular flexibility index (Phi) is 6.37. The van der Waals surface area contributed by atoms with Crippen molar-refractivity contribution in [1.29, 1.82) is 0 Å². The number of thiazole rings is 1. The molecule has 8 heteroatoms. The molecule has 1 aromatic rings.